The number of likely N-dealkylation sites (N-methyl/N-ethyl adjacent to an activating group) is 1. The zero-order valence-electron chi connectivity index (χ0n) is 12.3. The van der Waals surface area contributed by atoms with Crippen LogP contribution in [0.2, 0.25) is 0 Å². The van der Waals surface area contributed by atoms with Crippen molar-refractivity contribution in [3.8, 4) is 0 Å². The maximum Gasteiger partial charge on any atom is 0.246 e. The van der Waals surface area contributed by atoms with Gasteiger partial charge in [-0.05, 0) is 25.5 Å². The molecule has 1 aliphatic heterocycles. The summed E-state index contributed by atoms with van der Waals surface area (Å²) >= 11 is 0. The smallest absolute Gasteiger partial charge is 0.246 e. The minimum absolute atomic E-state index is 0.134. The Morgan fingerprint density at radius 3 is 2.67 bits per heavy atom. The number of fused-ring (bicyclic) bond motifs is 1. The predicted octanol–water partition coefficient (Wildman–Crippen LogP) is 2.15. The molecule has 0 aliphatic carbocycles. The first-order chi connectivity index (χ1) is 9.99. The predicted molar refractivity (Wildman–Crippen MR) is 78.7 cm³/mol. The third-order valence-corrected chi connectivity index (χ3v) is 4.11. The third-order valence-electron chi connectivity index (χ3n) is 4.11. The van der Waals surface area contributed by atoms with Crippen molar-refractivity contribution in [2.75, 3.05) is 7.05 Å². The molecule has 1 fully saturated rings. The molecule has 0 bridgehead atoms. The number of carbonyl (C=O) groups is 2. The number of aryl methyl sites for hydroxylation is 1. The highest BCUT2D eigenvalue weighted by molar-refractivity contribution is 6.05. The first kappa shape index (κ1) is 13.8. The van der Waals surface area contributed by atoms with Gasteiger partial charge in [0.2, 0.25) is 11.8 Å². The Morgan fingerprint density at radius 2 is 2.05 bits per heavy atom. The van der Waals surface area contributed by atoms with E-state index in [1.807, 2.05) is 38.1 Å². The van der Waals surface area contributed by atoms with Crippen LogP contribution in [0.5, 0.6) is 0 Å². The summed E-state index contributed by atoms with van der Waals surface area (Å²) in [7, 11) is 1.52. The monoisotopic (exact) mass is 286 g/mol. The van der Waals surface area contributed by atoms with E-state index in [0.717, 1.165) is 22.3 Å². The van der Waals surface area contributed by atoms with Crippen molar-refractivity contribution < 1.29 is 14.0 Å². The third kappa shape index (κ3) is 2.23. The van der Waals surface area contributed by atoms with Crippen LogP contribution in [0.25, 0.3) is 11.0 Å². The summed E-state index contributed by atoms with van der Waals surface area (Å²) in [5, 5.41) is 4.28. The van der Waals surface area contributed by atoms with Crippen LogP contribution < -0.4 is 5.32 Å². The van der Waals surface area contributed by atoms with E-state index in [9.17, 15) is 9.59 Å². The number of carbonyl (C=O) groups excluding carboxylic acids is 2. The van der Waals surface area contributed by atoms with Crippen LogP contribution in [0.4, 0.5) is 0 Å². The number of hydrogen-bond acceptors (Lipinski definition) is 4. The summed E-state index contributed by atoms with van der Waals surface area (Å²) in [6.45, 7) is 3.95. The second-order valence-electron chi connectivity index (χ2n) is 5.52. The number of benzene rings is 1. The van der Waals surface area contributed by atoms with Gasteiger partial charge >= 0.3 is 0 Å². The Bertz CT molecular complexity index is 719. The van der Waals surface area contributed by atoms with Crippen molar-refractivity contribution in [3.05, 3.63) is 35.6 Å². The molecule has 5 heteroatoms. The zero-order valence-corrected chi connectivity index (χ0v) is 12.3. The summed E-state index contributed by atoms with van der Waals surface area (Å²) in [4.78, 5) is 24.7. The molecule has 0 saturated carbocycles. The van der Waals surface area contributed by atoms with Gasteiger partial charge < -0.3 is 4.42 Å². The van der Waals surface area contributed by atoms with Gasteiger partial charge in [0.25, 0.3) is 0 Å². The SMILES string of the molecule is Cc1c(C(C)NC2CC(=O)N(C)C2=O)oc2ccccc12. The van der Waals surface area contributed by atoms with E-state index in [1.54, 1.807) is 0 Å². The van der Waals surface area contributed by atoms with Gasteiger partial charge in [-0.2, -0.15) is 0 Å². The molecule has 21 heavy (non-hydrogen) atoms. The molecule has 1 aromatic carbocycles. The average molecular weight is 286 g/mol. The van der Waals surface area contributed by atoms with Gasteiger partial charge in [0.1, 0.15) is 11.3 Å². The first-order valence-electron chi connectivity index (χ1n) is 7.03. The fraction of sp³-hybridized carbons (Fsp3) is 0.375. The quantitative estimate of drug-likeness (QED) is 0.878. The molecule has 2 atom stereocenters. The van der Waals surface area contributed by atoms with Crippen LogP contribution in [0, 0.1) is 6.92 Å². The summed E-state index contributed by atoms with van der Waals surface area (Å²) in [6.07, 6.45) is 0.207. The van der Waals surface area contributed by atoms with Crippen LogP contribution in [0.3, 0.4) is 0 Å². The average Bonchev–Trinajstić information content (AvgIpc) is 2.93. The van der Waals surface area contributed by atoms with Gasteiger partial charge in [-0.1, -0.05) is 18.2 Å². The summed E-state index contributed by atoms with van der Waals surface area (Å²) in [6, 6.07) is 7.25. The van der Waals surface area contributed by atoms with Gasteiger partial charge in [-0.25, -0.2) is 0 Å². The molecule has 1 aromatic heterocycles. The van der Waals surface area contributed by atoms with Crippen molar-refractivity contribution in [3.63, 3.8) is 0 Å². The number of para-hydroxylation sites is 1. The lowest BCUT2D eigenvalue weighted by molar-refractivity contribution is -0.137. The molecular formula is C16H18N2O3. The minimum Gasteiger partial charge on any atom is -0.459 e. The lowest BCUT2D eigenvalue weighted by Gasteiger charge is -2.16. The molecule has 110 valence electrons. The van der Waals surface area contributed by atoms with Crippen molar-refractivity contribution in [2.24, 2.45) is 0 Å². The summed E-state index contributed by atoms with van der Waals surface area (Å²) in [5.74, 6) is 0.484. The Labute approximate surface area is 122 Å². The molecule has 3 rings (SSSR count). The standard InChI is InChI=1S/C16H18N2O3/c1-9-11-6-4-5-7-13(11)21-15(9)10(2)17-12-8-14(19)18(3)16(12)20/h4-7,10,12,17H,8H2,1-3H3. The molecule has 1 aliphatic rings. The Morgan fingerprint density at radius 1 is 1.33 bits per heavy atom. The topological polar surface area (TPSA) is 62.6 Å². The summed E-state index contributed by atoms with van der Waals surface area (Å²) < 4.78 is 5.89. The Kier molecular flexibility index (Phi) is 3.29. The fourth-order valence-electron chi connectivity index (χ4n) is 2.87. The maximum atomic E-state index is 12.0. The number of furan rings is 1. The van der Waals surface area contributed by atoms with E-state index in [1.165, 1.54) is 11.9 Å². The fourth-order valence-corrected chi connectivity index (χ4v) is 2.87. The van der Waals surface area contributed by atoms with E-state index < -0.39 is 6.04 Å². The molecule has 0 spiro atoms. The lowest BCUT2D eigenvalue weighted by Crippen LogP contribution is -2.38. The highest BCUT2D eigenvalue weighted by atomic mass is 16.3. The lowest BCUT2D eigenvalue weighted by atomic mass is 10.1. The number of amides is 2. The molecule has 5 nitrogen and oxygen atoms in total. The van der Waals surface area contributed by atoms with Crippen molar-refractivity contribution in [2.45, 2.75) is 32.4 Å². The Balaban J connectivity index is 1.84. The Hall–Kier alpha value is -2.14. The largest absolute Gasteiger partial charge is 0.459 e. The van der Waals surface area contributed by atoms with E-state index >= 15 is 0 Å². The number of nitrogens with zero attached hydrogens (tertiary/aromatic N) is 1. The van der Waals surface area contributed by atoms with Gasteiger partial charge in [0.15, 0.2) is 0 Å². The van der Waals surface area contributed by atoms with E-state index in [2.05, 4.69) is 5.32 Å². The van der Waals surface area contributed by atoms with Crippen LogP contribution in [0.15, 0.2) is 28.7 Å². The molecule has 2 unspecified atom stereocenters. The van der Waals surface area contributed by atoms with Crippen LogP contribution in [-0.4, -0.2) is 29.8 Å². The van der Waals surface area contributed by atoms with Crippen molar-refractivity contribution in [1.29, 1.82) is 0 Å². The van der Waals surface area contributed by atoms with Crippen LogP contribution >= 0.6 is 0 Å². The maximum absolute atomic E-state index is 12.0. The van der Waals surface area contributed by atoms with Gasteiger partial charge in [-0.3, -0.25) is 19.8 Å². The van der Waals surface area contributed by atoms with Crippen LogP contribution in [-0.2, 0) is 9.59 Å². The van der Waals surface area contributed by atoms with Gasteiger partial charge in [0, 0.05) is 12.4 Å². The van der Waals surface area contributed by atoms with Crippen LogP contribution in [0.1, 0.15) is 30.7 Å². The minimum atomic E-state index is -0.467. The zero-order chi connectivity index (χ0) is 15.1. The second kappa shape index (κ2) is 5.00. The number of hydrogen-bond donors (Lipinski definition) is 1. The first-order valence-corrected chi connectivity index (χ1v) is 7.03. The van der Waals surface area contributed by atoms with Gasteiger partial charge in [0.05, 0.1) is 18.5 Å². The normalized spacial score (nSPS) is 20.5. The van der Waals surface area contributed by atoms with Crippen molar-refractivity contribution >= 4 is 22.8 Å². The molecule has 1 saturated heterocycles. The molecule has 2 aromatic rings. The van der Waals surface area contributed by atoms with E-state index in [-0.39, 0.29) is 24.3 Å². The molecule has 2 amide bonds. The molecule has 1 N–H and O–H groups in total. The van der Waals surface area contributed by atoms with Gasteiger partial charge in [-0.15, -0.1) is 0 Å². The highest BCUT2D eigenvalue weighted by Gasteiger charge is 2.37. The number of rotatable bonds is 3. The molecule has 0 radical (unpaired) electrons. The number of likely N-dealkylation sites (tertiary alicyclic amines) is 1. The van der Waals surface area contributed by atoms with E-state index in [4.69, 9.17) is 4.42 Å². The molecule has 2 heterocycles. The number of nitrogens with one attached hydrogen (secondary N) is 1. The second-order valence-corrected chi connectivity index (χ2v) is 5.52. The summed E-state index contributed by atoms with van der Waals surface area (Å²) in [5.41, 5.74) is 1.90. The van der Waals surface area contributed by atoms with Crippen molar-refractivity contribution in [1.82, 2.24) is 10.2 Å². The molecular weight excluding hydrogens is 268 g/mol. The number of imide groups is 1. The van der Waals surface area contributed by atoms with E-state index in [0.29, 0.717) is 0 Å². The highest BCUT2D eigenvalue weighted by Crippen LogP contribution is 2.29.